The molecule has 0 spiro atoms. The van der Waals surface area contributed by atoms with Gasteiger partial charge in [0.05, 0.1) is 14.7 Å². The second-order valence-corrected chi connectivity index (χ2v) is 9.17. The van der Waals surface area contributed by atoms with Gasteiger partial charge in [0.25, 0.3) is 6.01 Å². The van der Waals surface area contributed by atoms with E-state index in [2.05, 4.69) is 25.9 Å². The van der Waals surface area contributed by atoms with E-state index in [0.717, 1.165) is 6.08 Å². The van der Waals surface area contributed by atoms with Crippen molar-refractivity contribution in [3.8, 4) is 28.3 Å². The van der Waals surface area contributed by atoms with Crippen molar-refractivity contribution in [3.63, 3.8) is 0 Å². The Balaban J connectivity index is 1.62. The van der Waals surface area contributed by atoms with Crippen LogP contribution in [0.1, 0.15) is 5.56 Å². The summed E-state index contributed by atoms with van der Waals surface area (Å²) in [6.07, 6.45) is 2.26. The van der Waals surface area contributed by atoms with E-state index in [9.17, 15) is 19.4 Å². The lowest BCUT2D eigenvalue weighted by Crippen LogP contribution is -2.38. The van der Waals surface area contributed by atoms with Crippen molar-refractivity contribution in [2.75, 3.05) is 0 Å². The molecule has 0 aliphatic carbocycles. The first-order valence-electron chi connectivity index (χ1n) is 10.4. The van der Waals surface area contributed by atoms with Gasteiger partial charge in [-0.1, -0.05) is 18.2 Å². The van der Waals surface area contributed by atoms with Gasteiger partial charge in [-0.3, -0.25) is 4.79 Å². The number of benzene rings is 1. The first-order chi connectivity index (χ1) is 17.8. The molecule has 1 aromatic carbocycles. The van der Waals surface area contributed by atoms with Crippen LogP contribution in [0.3, 0.4) is 0 Å². The summed E-state index contributed by atoms with van der Waals surface area (Å²) < 4.78 is 30.1. The number of thiophene rings is 1. The lowest BCUT2D eigenvalue weighted by Gasteiger charge is -2.24. The summed E-state index contributed by atoms with van der Waals surface area (Å²) in [5.74, 6) is -2.68. The minimum absolute atomic E-state index is 0.0271. The number of hydrogen-bond acceptors (Lipinski definition) is 11. The summed E-state index contributed by atoms with van der Waals surface area (Å²) in [5.41, 5.74) is -0.251. The van der Waals surface area contributed by atoms with Gasteiger partial charge >= 0.3 is 5.97 Å². The number of fused-ring (bicyclic) bond motifs is 1. The number of aromatic nitrogens is 2. The molecule has 0 aliphatic rings. The maximum atomic E-state index is 13.4. The standard InChI is InChI=1S/C24H16BrFN4O6S/c25-20-19-22(29-12-30-23(19)37-21(20)17-5-6-18(26)35-17)34-15(11-31)9-13-3-1-2-4-16(13)36-24(32,33)14(10-28)7-8-27/h1-8,11-12,15,27,32-33H,9H2/b14-7+,27-8?. The van der Waals surface area contributed by atoms with Gasteiger partial charge in [0.2, 0.25) is 5.88 Å². The summed E-state index contributed by atoms with van der Waals surface area (Å²) in [4.78, 5) is 21.4. The van der Waals surface area contributed by atoms with E-state index in [1.165, 1.54) is 35.9 Å². The third kappa shape index (κ3) is 5.57. The molecule has 0 radical (unpaired) electrons. The molecule has 0 saturated heterocycles. The van der Waals surface area contributed by atoms with Crippen LogP contribution in [-0.4, -0.2) is 44.8 Å². The number of nitrogens with zero attached hydrogens (tertiary/aromatic N) is 3. The van der Waals surface area contributed by atoms with Crippen LogP contribution in [-0.2, 0) is 11.2 Å². The van der Waals surface area contributed by atoms with Crippen LogP contribution in [0.4, 0.5) is 4.39 Å². The Kier molecular flexibility index (Phi) is 7.74. The van der Waals surface area contributed by atoms with E-state index in [1.54, 1.807) is 24.3 Å². The molecule has 10 nitrogen and oxygen atoms in total. The van der Waals surface area contributed by atoms with Crippen molar-refractivity contribution in [1.82, 2.24) is 9.97 Å². The van der Waals surface area contributed by atoms with Gasteiger partial charge in [0, 0.05) is 18.7 Å². The normalized spacial score (nSPS) is 12.7. The number of nitrogens with one attached hydrogen (secondary N) is 1. The molecular weight excluding hydrogens is 571 g/mol. The molecular formula is C24H16BrFN4O6S. The molecule has 13 heteroatoms. The Morgan fingerprint density at radius 1 is 1.32 bits per heavy atom. The minimum atomic E-state index is -3.01. The van der Waals surface area contributed by atoms with E-state index in [4.69, 9.17) is 24.6 Å². The van der Waals surface area contributed by atoms with Crippen molar-refractivity contribution in [3.05, 3.63) is 70.4 Å². The molecule has 4 rings (SSSR count). The highest BCUT2D eigenvalue weighted by Crippen LogP contribution is 2.44. The van der Waals surface area contributed by atoms with E-state index >= 15 is 0 Å². The molecule has 37 heavy (non-hydrogen) atoms. The predicted octanol–water partition coefficient (Wildman–Crippen LogP) is 4.16. The molecule has 3 aromatic heterocycles. The SMILES string of the molecule is N#C/C(=C\C=N)C(O)(O)Oc1ccccc1CC(C=O)Oc1ncnc2sc(-c3ccc(F)o3)c(Br)c12. The number of allylic oxidation sites excluding steroid dienone is 1. The third-order valence-electron chi connectivity index (χ3n) is 4.97. The lowest BCUT2D eigenvalue weighted by molar-refractivity contribution is -0.259. The number of aldehydes is 1. The fraction of sp³-hybridized carbons (Fsp3) is 0.125. The highest BCUT2D eigenvalue weighted by atomic mass is 79.9. The third-order valence-corrected chi connectivity index (χ3v) is 7.14. The molecule has 0 aliphatic heterocycles. The van der Waals surface area contributed by atoms with Gasteiger partial charge in [-0.05, 0) is 39.7 Å². The summed E-state index contributed by atoms with van der Waals surface area (Å²) in [6, 6.07) is 9.69. The zero-order chi connectivity index (χ0) is 26.6. The highest BCUT2D eigenvalue weighted by molar-refractivity contribution is 9.10. The fourth-order valence-corrected chi connectivity index (χ4v) is 5.23. The van der Waals surface area contributed by atoms with Crippen LogP contribution in [0.15, 0.2) is 63.3 Å². The second kappa shape index (κ2) is 11.0. The Morgan fingerprint density at radius 2 is 2.11 bits per heavy atom. The largest absolute Gasteiger partial charge is 0.466 e. The molecule has 3 N–H and O–H groups in total. The summed E-state index contributed by atoms with van der Waals surface area (Å²) in [5, 5.41) is 37.2. The summed E-state index contributed by atoms with van der Waals surface area (Å²) in [6.45, 7) is 0. The van der Waals surface area contributed by atoms with Crippen molar-refractivity contribution < 1.29 is 33.3 Å². The van der Waals surface area contributed by atoms with Crippen LogP contribution in [0.2, 0.25) is 0 Å². The molecule has 0 saturated carbocycles. The molecule has 1 atom stereocenters. The van der Waals surface area contributed by atoms with Crippen LogP contribution in [0.25, 0.3) is 20.9 Å². The maximum absolute atomic E-state index is 13.4. The van der Waals surface area contributed by atoms with E-state index in [0.29, 0.717) is 37.6 Å². The number of furan rings is 1. The van der Waals surface area contributed by atoms with Gasteiger partial charge < -0.3 is 29.5 Å². The molecule has 188 valence electrons. The van der Waals surface area contributed by atoms with Crippen LogP contribution >= 0.6 is 27.3 Å². The lowest BCUT2D eigenvalue weighted by atomic mass is 10.1. The number of hydrogen-bond donors (Lipinski definition) is 3. The monoisotopic (exact) mass is 586 g/mol. The minimum Gasteiger partial charge on any atom is -0.466 e. The fourth-order valence-electron chi connectivity index (χ4n) is 3.32. The van der Waals surface area contributed by atoms with E-state index in [-0.39, 0.29) is 23.8 Å². The molecule has 0 fully saturated rings. The molecule has 4 aromatic rings. The number of carbonyl (C=O) groups is 1. The molecule has 0 amide bonds. The van der Waals surface area contributed by atoms with Crippen molar-refractivity contribution >= 4 is 50.0 Å². The number of ether oxygens (including phenoxy) is 2. The van der Waals surface area contributed by atoms with Crippen LogP contribution in [0.5, 0.6) is 11.6 Å². The second-order valence-electron chi connectivity index (χ2n) is 7.38. The average molecular weight is 587 g/mol. The van der Waals surface area contributed by atoms with Gasteiger partial charge in [0.15, 0.2) is 12.4 Å². The number of aliphatic hydroxyl groups is 2. The van der Waals surface area contributed by atoms with Crippen molar-refractivity contribution in [2.45, 2.75) is 18.5 Å². The molecule has 0 bridgehead atoms. The number of halogens is 2. The van der Waals surface area contributed by atoms with Gasteiger partial charge in [0.1, 0.15) is 34.3 Å². The zero-order valence-corrected chi connectivity index (χ0v) is 21.0. The van der Waals surface area contributed by atoms with Crippen molar-refractivity contribution in [2.24, 2.45) is 0 Å². The maximum Gasteiger partial charge on any atom is 0.361 e. The Labute approximate surface area is 220 Å². The highest BCUT2D eigenvalue weighted by Gasteiger charge is 2.33. The van der Waals surface area contributed by atoms with Crippen molar-refractivity contribution in [1.29, 1.82) is 10.7 Å². The average Bonchev–Trinajstić information content (AvgIpc) is 3.46. The number of rotatable bonds is 10. The number of carbonyl (C=O) groups excluding carboxylic acids is 1. The first kappa shape index (κ1) is 26.1. The predicted molar refractivity (Wildman–Crippen MR) is 134 cm³/mol. The summed E-state index contributed by atoms with van der Waals surface area (Å²) >= 11 is 4.67. The van der Waals surface area contributed by atoms with Crippen LogP contribution < -0.4 is 9.47 Å². The Hall–Kier alpha value is -3.96. The topological polar surface area (TPSA) is 163 Å². The number of nitriles is 1. The molecule has 3 heterocycles. The first-order valence-corrected chi connectivity index (χ1v) is 12.0. The molecule has 1 unspecified atom stereocenters. The Morgan fingerprint density at radius 3 is 2.78 bits per heavy atom. The quantitative estimate of drug-likeness (QED) is 0.107. The van der Waals surface area contributed by atoms with E-state index < -0.39 is 23.7 Å². The Bertz CT molecular complexity index is 1540. The van der Waals surface area contributed by atoms with Gasteiger partial charge in [-0.15, -0.1) is 11.3 Å². The number of para-hydroxylation sites is 1. The van der Waals surface area contributed by atoms with Crippen LogP contribution in [0, 0.1) is 22.8 Å². The van der Waals surface area contributed by atoms with Gasteiger partial charge in [-0.25, -0.2) is 9.97 Å². The summed E-state index contributed by atoms with van der Waals surface area (Å²) in [7, 11) is 0. The smallest absolute Gasteiger partial charge is 0.361 e. The van der Waals surface area contributed by atoms with Gasteiger partial charge in [-0.2, -0.15) is 9.65 Å². The zero-order valence-electron chi connectivity index (χ0n) is 18.6. The van der Waals surface area contributed by atoms with E-state index in [1.807, 2.05) is 0 Å².